The van der Waals surface area contributed by atoms with Crippen molar-refractivity contribution in [3.8, 4) is 11.1 Å². The highest BCUT2D eigenvalue weighted by atomic mass is 19.1. The van der Waals surface area contributed by atoms with E-state index in [4.69, 9.17) is 6.48 Å². The van der Waals surface area contributed by atoms with Crippen LogP contribution in [0.3, 0.4) is 0 Å². The zero-order valence-electron chi connectivity index (χ0n) is 22.5. The molecule has 8 heteroatoms. The van der Waals surface area contributed by atoms with Gasteiger partial charge in [0.05, 0.1) is 19.6 Å². The highest BCUT2D eigenvalue weighted by molar-refractivity contribution is 5.95. The van der Waals surface area contributed by atoms with E-state index in [1.54, 1.807) is 16.9 Å². The Hall–Kier alpha value is -4.33. The standard InChI is InChI=1S/C31H29F2N3O3/c1-35-29-11-10-22(15-25(29)18-34-35)23-8-9-24(28(33)16-23)19-36(31(39)21-5-3-2-4-6-21)27-14-20(7-12-30(37)38)13-26(32)17-27/h7-18,21H,2-6,19H2,1H3,(H,37,38)/b12-7+/i19D. The highest BCUT2D eigenvalue weighted by Gasteiger charge is 2.28. The Balaban J connectivity index is 1.53. The highest BCUT2D eigenvalue weighted by Crippen LogP contribution is 2.31. The van der Waals surface area contributed by atoms with Crippen molar-refractivity contribution in [3.05, 3.63) is 89.6 Å². The number of carbonyl (C=O) groups is 2. The SMILES string of the molecule is [2H]C(c1ccc(-c2ccc3c(cnn3C)c2)cc1F)N(C(=O)C1CCCCC1)c1cc(F)cc(/C=C/C(=O)O)c1. The van der Waals surface area contributed by atoms with Crippen LogP contribution in [0, 0.1) is 17.6 Å². The molecule has 0 saturated heterocycles. The van der Waals surface area contributed by atoms with Crippen LogP contribution < -0.4 is 4.90 Å². The van der Waals surface area contributed by atoms with Crippen LogP contribution in [0.25, 0.3) is 28.1 Å². The van der Waals surface area contributed by atoms with Crippen LogP contribution in [-0.2, 0) is 23.2 Å². The van der Waals surface area contributed by atoms with Gasteiger partial charge in [0.2, 0.25) is 5.91 Å². The lowest BCUT2D eigenvalue weighted by Gasteiger charge is -2.30. The number of amides is 1. The minimum absolute atomic E-state index is 0.0257. The molecular formula is C31H29F2N3O3. The Labute approximate surface area is 226 Å². The maximum atomic E-state index is 15.6. The average molecular weight is 531 g/mol. The molecule has 3 aromatic carbocycles. The topological polar surface area (TPSA) is 75.4 Å². The molecule has 0 radical (unpaired) electrons. The molecule has 1 fully saturated rings. The Morgan fingerprint density at radius 2 is 1.82 bits per heavy atom. The summed E-state index contributed by atoms with van der Waals surface area (Å²) in [5.41, 5.74) is 2.59. The van der Waals surface area contributed by atoms with Crippen LogP contribution in [0.15, 0.2) is 66.9 Å². The number of hydrogen-bond acceptors (Lipinski definition) is 3. The summed E-state index contributed by atoms with van der Waals surface area (Å²) < 4.78 is 41.0. The van der Waals surface area contributed by atoms with E-state index in [2.05, 4.69) is 5.10 Å². The lowest BCUT2D eigenvalue weighted by atomic mass is 9.88. The third kappa shape index (κ3) is 5.90. The molecule has 0 aliphatic heterocycles. The average Bonchev–Trinajstić information content (AvgIpc) is 3.32. The second kappa shape index (κ2) is 11.2. The number of aryl methyl sites for hydroxylation is 1. The Morgan fingerprint density at radius 3 is 2.56 bits per heavy atom. The largest absolute Gasteiger partial charge is 0.478 e. The minimum atomic E-state index is -1.48. The van der Waals surface area contributed by atoms with Gasteiger partial charge in [0, 0.05) is 35.7 Å². The number of carbonyl (C=O) groups excluding carboxylic acids is 1. The van der Waals surface area contributed by atoms with Crippen molar-refractivity contribution < 1.29 is 24.8 Å². The summed E-state index contributed by atoms with van der Waals surface area (Å²) in [7, 11) is 1.84. The van der Waals surface area contributed by atoms with E-state index in [0.717, 1.165) is 58.8 Å². The quantitative estimate of drug-likeness (QED) is 0.269. The number of hydrogen-bond donors (Lipinski definition) is 1. The van der Waals surface area contributed by atoms with Crippen molar-refractivity contribution in [1.29, 1.82) is 0 Å². The second-order valence-corrected chi connectivity index (χ2v) is 9.86. The van der Waals surface area contributed by atoms with E-state index in [1.165, 1.54) is 24.3 Å². The fraction of sp³-hybridized carbons (Fsp3) is 0.258. The summed E-state index contributed by atoms with van der Waals surface area (Å²) in [6.45, 7) is -1.48. The summed E-state index contributed by atoms with van der Waals surface area (Å²) in [4.78, 5) is 25.9. The van der Waals surface area contributed by atoms with Gasteiger partial charge in [-0.2, -0.15) is 5.10 Å². The van der Waals surface area contributed by atoms with Crippen LogP contribution in [0.5, 0.6) is 0 Å². The molecule has 0 bridgehead atoms. The fourth-order valence-corrected chi connectivity index (χ4v) is 5.10. The lowest BCUT2D eigenvalue weighted by molar-refractivity contribution is -0.131. The van der Waals surface area contributed by atoms with Crippen molar-refractivity contribution in [1.82, 2.24) is 9.78 Å². The van der Waals surface area contributed by atoms with E-state index in [0.29, 0.717) is 18.4 Å². The van der Waals surface area contributed by atoms with Crippen molar-refractivity contribution in [2.75, 3.05) is 4.90 Å². The number of halogens is 2. The Morgan fingerprint density at radius 1 is 1.08 bits per heavy atom. The number of aromatic nitrogens is 2. The molecule has 4 aromatic rings. The van der Waals surface area contributed by atoms with Gasteiger partial charge >= 0.3 is 5.97 Å². The number of nitrogens with zero attached hydrogens (tertiary/aromatic N) is 3. The van der Waals surface area contributed by atoms with Crippen molar-refractivity contribution in [2.24, 2.45) is 13.0 Å². The monoisotopic (exact) mass is 530 g/mol. The first kappa shape index (κ1) is 25.0. The predicted octanol–water partition coefficient (Wildman–Crippen LogP) is 6.73. The zero-order valence-corrected chi connectivity index (χ0v) is 21.5. The van der Waals surface area contributed by atoms with Crippen LogP contribution in [0.2, 0.25) is 0 Å². The summed E-state index contributed by atoms with van der Waals surface area (Å²) in [5.74, 6) is -3.30. The third-order valence-corrected chi connectivity index (χ3v) is 7.14. The molecule has 1 heterocycles. The van der Waals surface area contributed by atoms with Gasteiger partial charge < -0.3 is 10.0 Å². The Bertz CT molecular complexity index is 1610. The molecule has 1 saturated carbocycles. The number of fused-ring (bicyclic) bond motifs is 1. The van der Waals surface area contributed by atoms with Crippen LogP contribution in [0.4, 0.5) is 14.5 Å². The first-order valence-electron chi connectivity index (χ1n) is 13.5. The first-order valence-corrected chi connectivity index (χ1v) is 12.9. The summed E-state index contributed by atoms with van der Waals surface area (Å²) in [5, 5.41) is 14.1. The smallest absolute Gasteiger partial charge is 0.328 e. The molecule has 1 atom stereocenters. The van der Waals surface area contributed by atoms with Gasteiger partial charge in [-0.05, 0) is 72.0 Å². The van der Waals surface area contributed by atoms with E-state index >= 15 is 4.39 Å². The van der Waals surface area contributed by atoms with E-state index < -0.39 is 24.1 Å². The Kier molecular flexibility index (Phi) is 7.17. The predicted molar refractivity (Wildman–Crippen MR) is 147 cm³/mol. The van der Waals surface area contributed by atoms with E-state index in [9.17, 15) is 14.0 Å². The fourth-order valence-electron chi connectivity index (χ4n) is 5.10. The molecule has 0 spiro atoms. The second-order valence-electron chi connectivity index (χ2n) is 9.86. The number of anilines is 1. The molecule has 1 unspecified atom stereocenters. The number of aliphatic carboxylic acids is 1. The number of carboxylic acids is 1. The van der Waals surface area contributed by atoms with Crippen LogP contribution in [0.1, 0.15) is 44.6 Å². The van der Waals surface area contributed by atoms with Crippen molar-refractivity contribution in [3.63, 3.8) is 0 Å². The van der Waals surface area contributed by atoms with E-state index in [1.807, 2.05) is 25.2 Å². The molecule has 200 valence electrons. The van der Waals surface area contributed by atoms with E-state index in [-0.39, 0.29) is 28.6 Å². The summed E-state index contributed by atoms with van der Waals surface area (Å²) in [6.07, 6.45) is 7.84. The summed E-state index contributed by atoms with van der Waals surface area (Å²) >= 11 is 0. The van der Waals surface area contributed by atoms with Crippen molar-refractivity contribution in [2.45, 2.75) is 38.6 Å². The van der Waals surface area contributed by atoms with Gasteiger partial charge in [-0.1, -0.05) is 37.5 Å². The van der Waals surface area contributed by atoms with Gasteiger partial charge in [-0.25, -0.2) is 13.6 Å². The maximum Gasteiger partial charge on any atom is 0.328 e. The minimum Gasteiger partial charge on any atom is -0.478 e. The first-order chi connectivity index (χ1) is 19.2. The van der Waals surface area contributed by atoms with Gasteiger partial charge in [0.15, 0.2) is 0 Å². The molecule has 1 aliphatic rings. The van der Waals surface area contributed by atoms with Gasteiger partial charge in [0.1, 0.15) is 11.6 Å². The molecular weight excluding hydrogens is 500 g/mol. The van der Waals surface area contributed by atoms with Crippen molar-refractivity contribution >= 4 is 34.5 Å². The van der Waals surface area contributed by atoms with Crippen LogP contribution >= 0.6 is 0 Å². The molecule has 1 N–H and O–H groups in total. The van der Waals surface area contributed by atoms with Crippen LogP contribution in [-0.4, -0.2) is 26.8 Å². The van der Waals surface area contributed by atoms with Gasteiger partial charge in [-0.3, -0.25) is 9.48 Å². The molecule has 1 aliphatic carbocycles. The molecule has 6 nitrogen and oxygen atoms in total. The van der Waals surface area contributed by atoms with Gasteiger partial charge in [0.25, 0.3) is 0 Å². The number of carboxylic acid groups (broad SMARTS) is 1. The van der Waals surface area contributed by atoms with Gasteiger partial charge in [-0.15, -0.1) is 0 Å². The molecule has 39 heavy (non-hydrogen) atoms. The molecule has 1 aromatic heterocycles. The normalized spacial score (nSPS) is 15.4. The maximum absolute atomic E-state index is 15.6. The molecule has 1 amide bonds. The summed E-state index contributed by atoms with van der Waals surface area (Å²) in [6, 6.07) is 13.9. The number of benzene rings is 3. The third-order valence-electron chi connectivity index (χ3n) is 7.14. The zero-order chi connectivity index (χ0) is 28.4. The molecule has 5 rings (SSSR count). The number of rotatable bonds is 7. The lowest BCUT2D eigenvalue weighted by Crippen LogP contribution is -2.37.